The van der Waals surface area contributed by atoms with E-state index in [0.717, 1.165) is 41.5 Å². The third-order valence-electron chi connectivity index (χ3n) is 4.54. The first-order valence-electron chi connectivity index (χ1n) is 9.65. The zero-order valence-corrected chi connectivity index (χ0v) is 16.4. The number of hydrogen-bond acceptors (Lipinski definition) is 3. The Bertz CT molecular complexity index is 718. The summed E-state index contributed by atoms with van der Waals surface area (Å²) in [6, 6.07) is 11.8. The van der Waals surface area contributed by atoms with Gasteiger partial charge in [-0.15, -0.1) is 0 Å². The highest BCUT2D eigenvalue weighted by atomic mass is 16.5. The minimum atomic E-state index is -0.814. The van der Waals surface area contributed by atoms with E-state index in [-0.39, 0.29) is 5.91 Å². The van der Waals surface area contributed by atoms with Crippen molar-refractivity contribution in [3.05, 3.63) is 36.4 Å². The van der Waals surface area contributed by atoms with Crippen molar-refractivity contribution in [2.75, 3.05) is 18.5 Å². The number of rotatable bonds is 10. The van der Waals surface area contributed by atoms with Gasteiger partial charge in [0.2, 0.25) is 0 Å². The lowest BCUT2D eigenvalue weighted by Crippen LogP contribution is -2.43. The Labute approximate surface area is 156 Å². The fourth-order valence-corrected chi connectivity index (χ4v) is 3.01. The lowest BCUT2D eigenvalue weighted by Gasteiger charge is -2.29. The number of anilines is 1. The maximum Gasteiger partial charge on any atom is 0.256 e. The van der Waals surface area contributed by atoms with Gasteiger partial charge in [-0.3, -0.25) is 4.79 Å². The van der Waals surface area contributed by atoms with Crippen LogP contribution in [0, 0.1) is 0 Å². The molecule has 0 saturated heterocycles. The molecule has 2 rings (SSSR count). The van der Waals surface area contributed by atoms with E-state index < -0.39 is 5.60 Å². The zero-order valence-electron chi connectivity index (χ0n) is 16.4. The molecule has 0 radical (unpaired) electrons. The van der Waals surface area contributed by atoms with Crippen LogP contribution in [0.3, 0.4) is 0 Å². The van der Waals surface area contributed by atoms with Crippen LogP contribution in [0.1, 0.15) is 53.4 Å². The fraction of sp³-hybridized carbons (Fsp3) is 0.500. The topological polar surface area (TPSA) is 47.6 Å². The molecule has 0 aliphatic rings. The van der Waals surface area contributed by atoms with Crippen molar-refractivity contribution in [2.45, 2.75) is 59.0 Å². The van der Waals surface area contributed by atoms with Gasteiger partial charge in [0.05, 0.1) is 6.61 Å². The Kier molecular flexibility index (Phi) is 7.46. The number of hydrogen-bond donors (Lipinski definition) is 1. The van der Waals surface area contributed by atoms with Gasteiger partial charge in [-0.2, -0.15) is 0 Å². The van der Waals surface area contributed by atoms with E-state index in [9.17, 15) is 4.79 Å². The Morgan fingerprint density at radius 2 is 1.77 bits per heavy atom. The third kappa shape index (κ3) is 4.76. The highest BCUT2D eigenvalue weighted by molar-refractivity contribution is 6.06. The van der Waals surface area contributed by atoms with Crippen LogP contribution in [0.4, 0.5) is 5.69 Å². The second-order valence-electron chi connectivity index (χ2n) is 6.73. The molecule has 0 spiro atoms. The zero-order chi connectivity index (χ0) is 19.0. The number of nitrogens with one attached hydrogen (secondary N) is 1. The largest absolute Gasteiger partial charge is 0.493 e. The number of fused-ring (bicyclic) bond motifs is 1. The quantitative estimate of drug-likeness (QED) is 0.606. The van der Waals surface area contributed by atoms with Crippen molar-refractivity contribution in [2.24, 2.45) is 0 Å². The van der Waals surface area contributed by atoms with Crippen LogP contribution < -0.4 is 10.1 Å². The van der Waals surface area contributed by atoms with Gasteiger partial charge in [-0.25, -0.2) is 0 Å². The molecule has 0 unspecified atom stereocenters. The predicted octanol–water partition coefficient (Wildman–Crippen LogP) is 5.55. The predicted molar refractivity (Wildman–Crippen MR) is 108 cm³/mol. The molecule has 4 nitrogen and oxygen atoms in total. The van der Waals surface area contributed by atoms with Gasteiger partial charge in [0.1, 0.15) is 11.4 Å². The third-order valence-corrected chi connectivity index (χ3v) is 4.54. The molecular weight excluding hydrogens is 326 g/mol. The SMILES string of the molecule is CCCC[C@](C)(OCCC)C(=O)Nc1ccc(OCC)c2ccccc12. The number of benzene rings is 2. The Hall–Kier alpha value is -2.07. The van der Waals surface area contributed by atoms with Gasteiger partial charge >= 0.3 is 0 Å². The van der Waals surface area contributed by atoms with Crippen LogP contribution >= 0.6 is 0 Å². The number of carbonyl (C=O) groups excluding carboxylic acids is 1. The summed E-state index contributed by atoms with van der Waals surface area (Å²) < 4.78 is 11.7. The van der Waals surface area contributed by atoms with Crippen molar-refractivity contribution in [1.82, 2.24) is 0 Å². The summed E-state index contributed by atoms with van der Waals surface area (Å²) in [4.78, 5) is 13.0. The lowest BCUT2D eigenvalue weighted by molar-refractivity contribution is -0.140. The van der Waals surface area contributed by atoms with Crippen molar-refractivity contribution < 1.29 is 14.3 Å². The van der Waals surface area contributed by atoms with E-state index in [4.69, 9.17) is 9.47 Å². The number of carbonyl (C=O) groups is 1. The van der Waals surface area contributed by atoms with Gasteiger partial charge in [-0.05, 0) is 38.8 Å². The van der Waals surface area contributed by atoms with Gasteiger partial charge in [0, 0.05) is 23.1 Å². The standard InChI is InChI=1S/C22H31NO3/c1-5-8-15-22(4,26-16-6-2)21(24)23-19-13-14-20(25-7-3)18-12-10-9-11-17(18)19/h9-14H,5-8,15-16H2,1-4H3,(H,23,24)/t22-/m0/s1. The molecule has 1 N–H and O–H groups in total. The molecule has 0 heterocycles. The minimum absolute atomic E-state index is 0.0892. The molecule has 0 aliphatic heterocycles. The summed E-state index contributed by atoms with van der Waals surface area (Å²) in [6.45, 7) is 9.22. The number of unbranched alkanes of at least 4 members (excludes halogenated alkanes) is 1. The summed E-state index contributed by atoms with van der Waals surface area (Å²) in [5.74, 6) is 0.741. The average Bonchev–Trinajstić information content (AvgIpc) is 2.66. The molecule has 0 aliphatic carbocycles. The summed E-state index contributed by atoms with van der Waals surface area (Å²) in [7, 11) is 0. The second kappa shape index (κ2) is 9.58. The summed E-state index contributed by atoms with van der Waals surface area (Å²) in [6.07, 6.45) is 3.59. The average molecular weight is 357 g/mol. The first kappa shape index (κ1) is 20.2. The normalized spacial score (nSPS) is 13.4. The van der Waals surface area contributed by atoms with E-state index >= 15 is 0 Å². The van der Waals surface area contributed by atoms with Crippen LogP contribution in [0.5, 0.6) is 5.75 Å². The van der Waals surface area contributed by atoms with Crippen LogP contribution in [0.25, 0.3) is 10.8 Å². The van der Waals surface area contributed by atoms with Crippen LogP contribution in [-0.2, 0) is 9.53 Å². The first-order valence-corrected chi connectivity index (χ1v) is 9.65. The smallest absolute Gasteiger partial charge is 0.256 e. The van der Waals surface area contributed by atoms with Crippen LogP contribution in [0.15, 0.2) is 36.4 Å². The van der Waals surface area contributed by atoms with E-state index in [1.807, 2.05) is 50.2 Å². The highest BCUT2D eigenvalue weighted by Gasteiger charge is 2.33. The van der Waals surface area contributed by atoms with Crippen molar-refractivity contribution >= 4 is 22.4 Å². The maximum absolute atomic E-state index is 13.0. The first-order chi connectivity index (χ1) is 12.6. The minimum Gasteiger partial charge on any atom is -0.493 e. The number of amides is 1. The molecule has 1 atom stereocenters. The number of ether oxygens (including phenoxy) is 2. The molecule has 2 aromatic rings. The second-order valence-corrected chi connectivity index (χ2v) is 6.73. The molecule has 0 bridgehead atoms. The Balaban J connectivity index is 2.30. The van der Waals surface area contributed by atoms with Gasteiger partial charge in [0.25, 0.3) is 5.91 Å². The Morgan fingerprint density at radius 3 is 2.42 bits per heavy atom. The molecule has 0 aromatic heterocycles. The van der Waals surface area contributed by atoms with Crippen LogP contribution in [-0.4, -0.2) is 24.7 Å². The summed E-state index contributed by atoms with van der Waals surface area (Å²) in [5.41, 5.74) is -0.0250. The maximum atomic E-state index is 13.0. The molecule has 4 heteroatoms. The molecule has 1 amide bonds. The Morgan fingerprint density at radius 1 is 1.04 bits per heavy atom. The molecule has 142 valence electrons. The molecule has 0 saturated carbocycles. The van der Waals surface area contributed by atoms with E-state index in [1.54, 1.807) is 0 Å². The monoisotopic (exact) mass is 357 g/mol. The van der Waals surface area contributed by atoms with E-state index in [1.165, 1.54) is 0 Å². The van der Waals surface area contributed by atoms with E-state index in [0.29, 0.717) is 19.6 Å². The lowest BCUT2D eigenvalue weighted by atomic mass is 9.97. The summed E-state index contributed by atoms with van der Waals surface area (Å²) >= 11 is 0. The van der Waals surface area contributed by atoms with Crippen molar-refractivity contribution in [3.8, 4) is 5.75 Å². The van der Waals surface area contributed by atoms with Gasteiger partial charge < -0.3 is 14.8 Å². The fourth-order valence-electron chi connectivity index (χ4n) is 3.01. The van der Waals surface area contributed by atoms with Crippen LogP contribution in [0.2, 0.25) is 0 Å². The van der Waals surface area contributed by atoms with Gasteiger partial charge in [0.15, 0.2) is 0 Å². The van der Waals surface area contributed by atoms with E-state index in [2.05, 4.69) is 19.2 Å². The van der Waals surface area contributed by atoms with Crippen molar-refractivity contribution in [3.63, 3.8) is 0 Å². The summed E-state index contributed by atoms with van der Waals surface area (Å²) in [5, 5.41) is 5.06. The van der Waals surface area contributed by atoms with Gasteiger partial charge in [-0.1, -0.05) is 51.0 Å². The van der Waals surface area contributed by atoms with Crippen molar-refractivity contribution in [1.29, 1.82) is 0 Å². The molecule has 2 aromatic carbocycles. The highest BCUT2D eigenvalue weighted by Crippen LogP contribution is 2.32. The molecule has 0 fully saturated rings. The molecular formula is C22H31NO3. The molecule has 26 heavy (non-hydrogen) atoms.